The van der Waals surface area contributed by atoms with E-state index in [2.05, 4.69) is 32.9 Å². The van der Waals surface area contributed by atoms with Crippen LogP contribution in [0.15, 0.2) is 12.1 Å². The van der Waals surface area contributed by atoms with Crippen molar-refractivity contribution in [3.63, 3.8) is 0 Å². The number of benzene rings is 1. The maximum absolute atomic E-state index is 5.97. The molecule has 0 atom stereocenters. The van der Waals surface area contributed by atoms with Gasteiger partial charge in [0.2, 0.25) is 0 Å². The molecule has 1 saturated heterocycles. The molecule has 100 valence electrons. The van der Waals surface area contributed by atoms with Crippen LogP contribution in [0.2, 0.25) is 0 Å². The first-order valence-corrected chi connectivity index (χ1v) is 7.21. The van der Waals surface area contributed by atoms with Gasteiger partial charge < -0.3 is 9.64 Å². The van der Waals surface area contributed by atoms with Crippen molar-refractivity contribution >= 4 is 0 Å². The molecule has 0 unspecified atom stereocenters. The summed E-state index contributed by atoms with van der Waals surface area (Å²) < 4.78 is 5.97. The predicted octanol–water partition coefficient (Wildman–Crippen LogP) is 2.06. The lowest BCUT2D eigenvalue weighted by molar-refractivity contribution is -0.887. The number of hydrogen-bond donors (Lipinski definition) is 1. The fraction of sp³-hybridized carbons (Fsp3) is 0.625. The summed E-state index contributed by atoms with van der Waals surface area (Å²) in [6.07, 6.45) is 3.99. The zero-order valence-electron chi connectivity index (χ0n) is 12.0. The Morgan fingerprint density at radius 3 is 2.28 bits per heavy atom. The third-order valence-corrected chi connectivity index (χ3v) is 3.84. The summed E-state index contributed by atoms with van der Waals surface area (Å²) in [6, 6.07) is 4.40. The zero-order chi connectivity index (χ0) is 13.0. The first kappa shape index (κ1) is 13.4. The quantitative estimate of drug-likeness (QED) is 0.788. The van der Waals surface area contributed by atoms with Gasteiger partial charge in [-0.15, -0.1) is 0 Å². The molecule has 0 amide bonds. The van der Waals surface area contributed by atoms with Gasteiger partial charge in [-0.3, -0.25) is 0 Å². The monoisotopic (exact) mass is 248 g/mol. The van der Waals surface area contributed by atoms with E-state index >= 15 is 0 Å². The summed E-state index contributed by atoms with van der Waals surface area (Å²) in [7, 11) is 0. The van der Waals surface area contributed by atoms with E-state index in [-0.39, 0.29) is 0 Å². The number of nitrogens with one attached hydrogen (secondary N) is 1. The van der Waals surface area contributed by atoms with E-state index in [0.29, 0.717) is 0 Å². The highest BCUT2D eigenvalue weighted by Crippen LogP contribution is 2.24. The Hall–Kier alpha value is -1.02. The Morgan fingerprint density at radius 1 is 1.06 bits per heavy atom. The average molecular weight is 248 g/mol. The minimum absolute atomic E-state index is 0.855. The van der Waals surface area contributed by atoms with E-state index in [1.807, 2.05) is 0 Å². The minimum atomic E-state index is 0.855. The van der Waals surface area contributed by atoms with Crippen LogP contribution in [-0.2, 0) is 0 Å². The summed E-state index contributed by atoms with van der Waals surface area (Å²) in [5, 5.41) is 0. The van der Waals surface area contributed by atoms with Crippen LogP contribution in [0.25, 0.3) is 0 Å². The molecule has 1 aromatic rings. The van der Waals surface area contributed by atoms with Gasteiger partial charge >= 0.3 is 0 Å². The largest absolute Gasteiger partial charge is 0.493 e. The molecular formula is C16H26NO+. The molecule has 1 aliphatic heterocycles. The highest BCUT2D eigenvalue weighted by molar-refractivity contribution is 5.42. The van der Waals surface area contributed by atoms with E-state index in [1.165, 1.54) is 55.6 Å². The van der Waals surface area contributed by atoms with Gasteiger partial charge in [-0.2, -0.15) is 0 Å². The lowest BCUT2D eigenvalue weighted by atomic mass is 10.1. The second kappa shape index (κ2) is 6.24. The number of quaternary nitrogens is 1. The van der Waals surface area contributed by atoms with Crippen LogP contribution >= 0.6 is 0 Å². The smallest absolute Gasteiger partial charge is 0.125 e. The van der Waals surface area contributed by atoms with Crippen LogP contribution in [0.4, 0.5) is 0 Å². The van der Waals surface area contributed by atoms with Crippen molar-refractivity contribution in [1.29, 1.82) is 0 Å². The Labute approximate surface area is 111 Å². The van der Waals surface area contributed by atoms with Gasteiger partial charge in [-0.25, -0.2) is 0 Å². The summed E-state index contributed by atoms with van der Waals surface area (Å²) in [4.78, 5) is 1.76. The molecule has 2 heteroatoms. The van der Waals surface area contributed by atoms with Crippen LogP contribution in [0.3, 0.4) is 0 Å². The van der Waals surface area contributed by atoms with Crippen LogP contribution in [0.5, 0.6) is 5.75 Å². The summed E-state index contributed by atoms with van der Waals surface area (Å²) >= 11 is 0. The number of ether oxygens (including phenoxy) is 1. The van der Waals surface area contributed by atoms with Gasteiger partial charge in [0.1, 0.15) is 5.75 Å². The molecule has 1 heterocycles. The molecule has 0 spiro atoms. The van der Waals surface area contributed by atoms with Gasteiger partial charge in [-0.05, 0) is 31.9 Å². The average Bonchev–Trinajstić information content (AvgIpc) is 2.79. The van der Waals surface area contributed by atoms with Crippen LogP contribution in [0, 0.1) is 20.8 Å². The van der Waals surface area contributed by atoms with E-state index in [1.54, 1.807) is 4.90 Å². The first-order chi connectivity index (χ1) is 8.66. The van der Waals surface area contributed by atoms with E-state index in [4.69, 9.17) is 4.74 Å². The molecule has 0 radical (unpaired) electrons. The predicted molar refractivity (Wildman–Crippen MR) is 75.6 cm³/mol. The molecular weight excluding hydrogens is 222 g/mol. The number of aryl methyl sites for hydroxylation is 3. The van der Waals surface area contributed by atoms with Crippen molar-refractivity contribution in [2.24, 2.45) is 0 Å². The van der Waals surface area contributed by atoms with E-state index in [9.17, 15) is 0 Å². The maximum Gasteiger partial charge on any atom is 0.125 e. The van der Waals surface area contributed by atoms with Crippen molar-refractivity contribution in [3.8, 4) is 5.75 Å². The van der Waals surface area contributed by atoms with E-state index < -0.39 is 0 Å². The van der Waals surface area contributed by atoms with Crippen molar-refractivity contribution in [3.05, 3.63) is 28.8 Å². The molecule has 2 nitrogen and oxygen atoms in total. The Morgan fingerprint density at radius 2 is 1.67 bits per heavy atom. The fourth-order valence-electron chi connectivity index (χ4n) is 3.02. The van der Waals surface area contributed by atoms with Gasteiger partial charge in [0.15, 0.2) is 0 Å². The topological polar surface area (TPSA) is 13.7 Å². The van der Waals surface area contributed by atoms with Crippen LogP contribution in [0.1, 0.15) is 36.0 Å². The Balaban J connectivity index is 1.79. The number of hydrogen-bond acceptors (Lipinski definition) is 1. The van der Waals surface area contributed by atoms with Crippen LogP contribution < -0.4 is 9.64 Å². The van der Waals surface area contributed by atoms with E-state index in [0.717, 1.165) is 12.4 Å². The minimum Gasteiger partial charge on any atom is -0.493 e. The first-order valence-electron chi connectivity index (χ1n) is 7.21. The van der Waals surface area contributed by atoms with Gasteiger partial charge in [0, 0.05) is 19.3 Å². The summed E-state index contributed by atoms with van der Waals surface area (Å²) in [5.41, 5.74) is 3.85. The second-order valence-corrected chi connectivity index (χ2v) is 5.64. The number of rotatable bonds is 5. The molecule has 0 bridgehead atoms. The molecule has 1 aliphatic rings. The highest BCUT2D eigenvalue weighted by Gasteiger charge is 2.14. The molecule has 18 heavy (non-hydrogen) atoms. The maximum atomic E-state index is 5.97. The highest BCUT2D eigenvalue weighted by atomic mass is 16.5. The third kappa shape index (κ3) is 3.49. The lowest BCUT2D eigenvalue weighted by Gasteiger charge is -2.15. The number of likely N-dealkylation sites (tertiary alicyclic amines) is 1. The molecule has 0 aliphatic carbocycles. The van der Waals surface area contributed by atoms with Crippen molar-refractivity contribution < 1.29 is 9.64 Å². The standard InChI is InChI=1S/C16H25NO/c1-13-11-14(2)16(15(3)12-13)18-10-6-9-17-7-4-5-8-17/h11-12H,4-10H2,1-3H3/p+1. The fourth-order valence-corrected chi connectivity index (χ4v) is 3.02. The molecule has 2 rings (SSSR count). The normalized spacial score (nSPS) is 16.2. The van der Waals surface area contributed by atoms with Crippen molar-refractivity contribution in [2.75, 3.05) is 26.2 Å². The lowest BCUT2D eigenvalue weighted by Crippen LogP contribution is -3.10. The molecule has 1 fully saturated rings. The molecule has 0 saturated carbocycles. The second-order valence-electron chi connectivity index (χ2n) is 5.64. The Kier molecular flexibility index (Phi) is 4.65. The van der Waals surface area contributed by atoms with Crippen molar-refractivity contribution in [1.82, 2.24) is 0 Å². The SMILES string of the molecule is Cc1cc(C)c(OCCC[NH+]2CCCC2)c(C)c1. The Bertz CT molecular complexity index is 371. The molecule has 1 aromatic carbocycles. The van der Waals surface area contributed by atoms with Crippen molar-refractivity contribution in [2.45, 2.75) is 40.0 Å². The molecule has 1 N–H and O–H groups in total. The van der Waals surface area contributed by atoms with Gasteiger partial charge in [0.05, 0.1) is 26.2 Å². The van der Waals surface area contributed by atoms with Gasteiger partial charge in [0.25, 0.3) is 0 Å². The molecule has 0 aromatic heterocycles. The zero-order valence-corrected chi connectivity index (χ0v) is 12.0. The summed E-state index contributed by atoms with van der Waals surface area (Å²) in [6.45, 7) is 11.3. The summed E-state index contributed by atoms with van der Waals surface area (Å²) in [5.74, 6) is 1.09. The van der Waals surface area contributed by atoms with Crippen LogP contribution in [-0.4, -0.2) is 26.2 Å². The van der Waals surface area contributed by atoms with Gasteiger partial charge in [-0.1, -0.05) is 17.7 Å². The third-order valence-electron chi connectivity index (χ3n) is 3.84.